The van der Waals surface area contributed by atoms with Crippen LogP contribution in [0.4, 0.5) is 5.69 Å². The smallest absolute Gasteiger partial charge is 0.282 e. The van der Waals surface area contributed by atoms with Crippen molar-refractivity contribution in [2.75, 3.05) is 6.54 Å². The van der Waals surface area contributed by atoms with E-state index in [1.165, 1.54) is 25.0 Å². The summed E-state index contributed by atoms with van der Waals surface area (Å²) < 4.78 is 0. The maximum absolute atomic E-state index is 11.8. The molecule has 1 N–H and O–H groups in total. The molecule has 5 nitrogen and oxygen atoms in total. The Morgan fingerprint density at radius 2 is 1.89 bits per heavy atom. The Bertz CT molecular complexity index is 432. The Morgan fingerprint density at radius 1 is 1.21 bits per heavy atom. The van der Waals surface area contributed by atoms with E-state index >= 15 is 0 Å². The summed E-state index contributed by atoms with van der Waals surface area (Å²) in [5.41, 5.74) is -0.0213. The third kappa shape index (κ3) is 5.07. The van der Waals surface area contributed by atoms with Crippen LogP contribution in [0.5, 0.6) is 0 Å². The Labute approximate surface area is 113 Å². The number of para-hydroxylation sites is 1. The van der Waals surface area contributed by atoms with Crippen LogP contribution in [0.25, 0.3) is 0 Å². The van der Waals surface area contributed by atoms with Gasteiger partial charge in [0.15, 0.2) is 0 Å². The third-order valence-electron chi connectivity index (χ3n) is 2.91. The molecule has 0 heterocycles. The number of nitro benzene ring substituents is 1. The molecule has 19 heavy (non-hydrogen) atoms. The predicted octanol–water partition coefficient (Wildman–Crippen LogP) is 3.30. The lowest BCUT2D eigenvalue weighted by Crippen LogP contribution is -2.25. The van der Waals surface area contributed by atoms with E-state index in [2.05, 4.69) is 12.2 Å². The van der Waals surface area contributed by atoms with Crippen LogP contribution in [0.3, 0.4) is 0 Å². The molecule has 104 valence electrons. The van der Waals surface area contributed by atoms with Gasteiger partial charge in [-0.05, 0) is 12.5 Å². The number of unbranched alkanes of at least 4 members (excludes halogenated alkanes) is 4. The summed E-state index contributed by atoms with van der Waals surface area (Å²) in [6.07, 6.45) is 5.54. The molecule has 0 fully saturated rings. The minimum absolute atomic E-state index is 0.126. The maximum atomic E-state index is 11.8. The number of hydrogen-bond donors (Lipinski definition) is 1. The van der Waals surface area contributed by atoms with E-state index in [1.807, 2.05) is 0 Å². The van der Waals surface area contributed by atoms with Crippen LogP contribution >= 0.6 is 0 Å². The molecular formula is C14H20N2O3. The third-order valence-corrected chi connectivity index (χ3v) is 2.91. The van der Waals surface area contributed by atoms with Gasteiger partial charge in [0, 0.05) is 12.6 Å². The van der Waals surface area contributed by atoms with Crippen LogP contribution in [-0.4, -0.2) is 17.4 Å². The van der Waals surface area contributed by atoms with Gasteiger partial charge in [0.05, 0.1) is 4.92 Å². The van der Waals surface area contributed by atoms with E-state index in [0.717, 1.165) is 19.3 Å². The molecule has 0 aliphatic rings. The summed E-state index contributed by atoms with van der Waals surface area (Å²) in [6, 6.07) is 6.00. The van der Waals surface area contributed by atoms with Gasteiger partial charge in [0.25, 0.3) is 11.6 Å². The molecule has 0 radical (unpaired) electrons. The normalized spacial score (nSPS) is 10.2. The van der Waals surface area contributed by atoms with E-state index < -0.39 is 4.92 Å². The van der Waals surface area contributed by atoms with Crippen molar-refractivity contribution in [3.63, 3.8) is 0 Å². The molecule has 1 rings (SSSR count). The maximum Gasteiger partial charge on any atom is 0.282 e. The molecule has 0 aromatic heterocycles. The molecule has 1 aromatic rings. The summed E-state index contributed by atoms with van der Waals surface area (Å²) >= 11 is 0. The van der Waals surface area contributed by atoms with Gasteiger partial charge < -0.3 is 5.32 Å². The van der Waals surface area contributed by atoms with Crippen LogP contribution in [0.15, 0.2) is 24.3 Å². The fourth-order valence-electron chi connectivity index (χ4n) is 1.85. The number of hydrogen-bond acceptors (Lipinski definition) is 3. The molecule has 0 aliphatic carbocycles. The molecule has 5 heteroatoms. The van der Waals surface area contributed by atoms with E-state index in [0.29, 0.717) is 6.54 Å². The second kappa shape index (κ2) is 8.24. The van der Waals surface area contributed by atoms with E-state index in [4.69, 9.17) is 0 Å². The molecule has 0 saturated carbocycles. The zero-order chi connectivity index (χ0) is 14.1. The van der Waals surface area contributed by atoms with E-state index in [1.54, 1.807) is 12.1 Å². The highest BCUT2D eigenvalue weighted by Gasteiger charge is 2.18. The molecule has 0 spiro atoms. The zero-order valence-electron chi connectivity index (χ0n) is 11.2. The second-order valence-electron chi connectivity index (χ2n) is 4.44. The average molecular weight is 264 g/mol. The SMILES string of the molecule is CCCCCCCNC(=O)c1ccccc1[N+](=O)[O-]. The summed E-state index contributed by atoms with van der Waals surface area (Å²) in [6.45, 7) is 2.71. The lowest BCUT2D eigenvalue weighted by molar-refractivity contribution is -0.385. The number of rotatable bonds is 8. The first-order chi connectivity index (χ1) is 9.16. The quantitative estimate of drug-likeness (QED) is 0.445. The molecule has 0 saturated heterocycles. The molecule has 0 bridgehead atoms. The summed E-state index contributed by atoms with van der Waals surface area (Å²) in [5, 5.41) is 13.5. The monoisotopic (exact) mass is 264 g/mol. The molecule has 0 unspecified atom stereocenters. The zero-order valence-corrected chi connectivity index (χ0v) is 11.2. The van der Waals surface area contributed by atoms with Gasteiger partial charge in [-0.1, -0.05) is 44.7 Å². The number of nitrogens with one attached hydrogen (secondary N) is 1. The average Bonchev–Trinajstić information content (AvgIpc) is 2.42. The van der Waals surface area contributed by atoms with Crippen LogP contribution < -0.4 is 5.32 Å². The van der Waals surface area contributed by atoms with Gasteiger partial charge in [0.1, 0.15) is 5.56 Å². The topological polar surface area (TPSA) is 72.2 Å². The minimum atomic E-state index is -0.532. The van der Waals surface area contributed by atoms with Gasteiger partial charge in [-0.2, -0.15) is 0 Å². The molecule has 1 amide bonds. The Kier molecular flexibility index (Phi) is 6.57. The minimum Gasteiger partial charge on any atom is -0.352 e. The van der Waals surface area contributed by atoms with Crippen molar-refractivity contribution in [3.8, 4) is 0 Å². The first kappa shape index (κ1) is 15.1. The van der Waals surface area contributed by atoms with Crippen LogP contribution in [0.1, 0.15) is 49.4 Å². The number of amides is 1. The lowest BCUT2D eigenvalue weighted by atomic mass is 10.1. The first-order valence-corrected chi connectivity index (χ1v) is 6.68. The van der Waals surface area contributed by atoms with Crippen molar-refractivity contribution < 1.29 is 9.72 Å². The van der Waals surface area contributed by atoms with Gasteiger partial charge in [-0.25, -0.2) is 0 Å². The summed E-state index contributed by atoms with van der Waals surface area (Å²) in [5.74, 6) is -0.372. The molecular weight excluding hydrogens is 244 g/mol. The number of carbonyl (C=O) groups is 1. The van der Waals surface area contributed by atoms with Crippen LogP contribution in [-0.2, 0) is 0 Å². The lowest BCUT2D eigenvalue weighted by Gasteiger charge is -2.05. The number of carbonyl (C=O) groups excluding carboxylic acids is 1. The van der Waals surface area contributed by atoms with Crippen molar-refractivity contribution >= 4 is 11.6 Å². The summed E-state index contributed by atoms with van der Waals surface area (Å²) in [7, 11) is 0. The number of nitro groups is 1. The highest BCUT2D eigenvalue weighted by atomic mass is 16.6. The number of nitrogens with zero attached hydrogens (tertiary/aromatic N) is 1. The highest BCUT2D eigenvalue weighted by molar-refractivity contribution is 5.98. The largest absolute Gasteiger partial charge is 0.352 e. The number of benzene rings is 1. The molecule has 1 aromatic carbocycles. The van der Waals surface area contributed by atoms with Gasteiger partial charge in [-0.3, -0.25) is 14.9 Å². The van der Waals surface area contributed by atoms with E-state index in [-0.39, 0.29) is 17.2 Å². The Hall–Kier alpha value is -1.91. The van der Waals surface area contributed by atoms with Crippen molar-refractivity contribution in [2.45, 2.75) is 39.0 Å². The van der Waals surface area contributed by atoms with Gasteiger partial charge >= 0.3 is 0 Å². The first-order valence-electron chi connectivity index (χ1n) is 6.68. The Balaban J connectivity index is 2.43. The standard InChI is InChI=1S/C14H20N2O3/c1-2-3-4-5-8-11-15-14(17)12-9-6-7-10-13(12)16(18)19/h6-7,9-10H,2-5,8,11H2,1H3,(H,15,17). The van der Waals surface area contributed by atoms with Crippen molar-refractivity contribution in [1.82, 2.24) is 5.32 Å². The second-order valence-corrected chi connectivity index (χ2v) is 4.44. The van der Waals surface area contributed by atoms with Crippen LogP contribution in [0.2, 0.25) is 0 Å². The molecule has 0 atom stereocenters. The van der Waals surface area contributed by atoms with Crippen molar-refractivity contribution in [3.05, 3.63) is 39.9 Å². The molecule has 0 aliphatic heterocycles. The van der Waals surface area contributed by atoms with Crippen molar-refractivity contribution in [2.24, 2.45) is 0 Å². The highest BCUT2D eigenvalue weighted by Crippen LogP contribution is 2.17. The van der Waals surface area contributed by atoms with Crippen LogP contribution in [0, 0.1) is 10.1 Å². The van der Waals surface area contributed by atoms with E-state index in [9.17, 15) is 14.9 Å². The fourth-order valence-corrected chi connectivity index (χ4v) is 1.85. The summed E-state index contributed by atoms with van der Waals surface area (Å²) in [4.78, 5) is 22.1. The van der Waals surface area contributed by atoms with Gasteiger partial charge in [0.2, 0.25) is 0 Å². The predicted molar refractivity (Wildman–Crippen MR) is 74.2 cm³/mol. The Morgan fingerprint density at radius 3 is 2.58 bits per heavy atom. The van der Waals surface area contributed by atoms with Crippen molar-refractivity contribution in [1.29, 1.82) is 0 Å². The fraction of sp³-hybridized carbons (Fsp3) is 0.500. The van der Waals surface area contributed by atoms with Gasteiger partial charge in [-0.15, -0.1) is 0 Å².